The number of carboxylic acid groups (broad SMARTS) is 1. The smallest absolute Gasteiger partial charge is 0.335 e. The number of ether oxygens (including phenoxy) is 1. The number of amides is 1. The number of carbonyl (C=O) groups excluding carboxylic acids is 1. The molecule has 0 saturated heterocycles. The summed E-state index contributed by atoms with van der Waals surface area (Å²) < 4.78 is 5.24. The van der Waals surface area contributed by atoms with Crippen molar-refractivity contribution < 1.29 is 19.4 Å². The predicted octanol–water partition coefficient (Wildman–Crippen LogP) is 5.41. The molecular weight excluding hydrogens is 401 g/mol. The average molecular weight is 418 g/mol. The Morgan fingerprint density at radius 1 is 1.11 bits per heavy atom. The minimum absolute atomic E-state index is 0.0396. The van der Waals surface area contributed by atoms with Gasteiger partial charge in [0.2, 0.25) is 5.91 Å². The molecule has 0 heterocycles. The number of rotatable bonds is 5. The molecule has 0 unspecified atom stereocenters. The van der Waals surface area contributed by atoms with Gasteiger partial charge in [0, 0.05) is 17.3 Å². The van der Waals surface area contributed by atoms with Crippen molar-refractivity contribution in [3.05, 3.63) is 69.7 Å². The predicted molar refractivity (Wildman–Crippen MR) is 111 cm³/mol. The van der Waals surface area contributed by atoms with Crippen LogP contribution in [-0.4, -0.2) is 24.1 Å². The summed E-state index contributed by atoms with van der Waals surface area (Å²) in [4.78, 5) is 25.6. The van der Waals surface area contributed by atoms with E-state index in [4.69, 9.17) is 27.9 Å². The van der Waals surface area contributed by atoms with Crippen LogP contribution in [0.25, 0.3) is 10.8 Å². The molecule has 5 nitrogen and oxygen atoms in total. The highest BCUT2D eigenvalue weighted by Gasteiger charge is 2.20. The number of benzene rings is 3. The maximum absolute atomic E-state index is 12.5. The van der Waals surface area contributed by atoms with Crippen molar-refractivity contribution in [2.75, 3.05) is 12.0 Å². The van der Waals surface area contributed by atoms with E-state index in [1.165, 1.54) is 24.0 Å². The fourth-order valence-electron chi connectivity index (χ4n) is 3.06. The van der Waals surface area contributed by atoms with Crippen LogP contribution >= 0.6 is 23.2 Å². The van der Waals surface area contributed by atoms with Gasteiger partial charge in [-0.05, 0) is 47.3 Å². The molecule has 0 spiro atoms. The van der Waals surface area contributed by atoms with Crippen LogP contribution in [-0.2, 0) is 11.3 Å². The van der Waals surface area contributed by atoms with Crippen LogP contribution in [0.4, 0.5) is 5.69 Å². The first kappa shape index (κ1) is 20.0. The van der Waals surface area contributed by atoms with Crippen molar-refractivity contribution >= 4 is 51.5 Å². The third-order valence-electron chi connectivity index (χ3n) is 4.34. The van der Waals surface area contributed by atoms with E-state index in [0.717, 1.165) is 5.56 Å². The number of aromatic carboxylic acids is 1. The van der Waals surface area contributed by atoms with E-state index in [0.29, 0.717) is 32.3 Å². The Bertz CT molecular complexity index is 1080. The molecule has 1 amide bonds. The number of fused-ring (bicyclic) bond motifs is 1. The van der Waals surface area contributed by atoms with Crippen molar-refractivity contribution in [3.8, 4) is 5.75 Å². The lowest BCUT2D eigenvalue weighted by molar-refractivity contribution is -0.116. The molecule has 3 aromatic rings. The summed E-state index contributed by atoms with van der Waals surface area (Å²) in [5.74, 6) is -0.697. The summed E-state index contributed by atoms with van der Waals surface area (Å²) in [7, 11) is 1.56. The first-order valence-corrected chi connectivity index (χ1v) is 9.13. The molecule has 0 radical (unpaired) electrons. The molecule has 0 aromatic heterocycles. The van der Waals surface area contributed by atoms with Crippen LogP contribution in [0, 0.1) is 0 Å². The molecule has 0 aliphatic heterocycles. The van der Waals surface area contributed by atoms with Crippen LogP contribution in [0.15, 0.2) is 48.5 Å². The zero-order valence-electron chi connectivity index (χ0n) is 15.2. The van der Waals surface area contributed by atoms with Crippen LogP contribution in [0.1, 0.15) is 22.8 Å². The highest BCUT2D eigenvalue weighted by molar-refractivity contribution is 6.40. The molecule has 1 N–H and O–H groups in total. The van der Waals surface area contributed by atoms with Gasteiger partial charge >= 0.3 is 5.97 Å². The van der Waals surface area contributed by atoms with Gasteiger partial charge in [-0.2, -0.15) is 0 Å². The molecule has 28 heavy (non-hydrogen) atoms. The lowest BCUT2D eigenvalue weighted by Crippen LogP contribution is -2.28. The van der Waals surface area contributed by atoms with E-state index in [1.54, 1.807) is 25.3 Å². The molecule has 0 aliphatic rings. The van der Waals surface area contributed by atoms with Gasteiger partial charge < -0.3 is 14.7 Å². The largest absolute Gasteiger partial charge is 0.497 e. The number of halogens is 2. The number of nitrogens with zero attached hydrogens (tertiary/aromatic N) is 1. The first-order chi connectivity index (χ1) is 13.3. The molecule has 0 bridgehead atoms. The third kappa shape index (κ3) is 4.06. The average Bonchev–Trinajstić information content (AvgIpc) is 2.64. The van der Waals surface area contributed by atoms with Crippen LogP contribution in [0.2, 0.25) is 10.0 Å². The summed E-state index contributed by atoms with van der Waals surface area (Å²) in [6.07, 6.45) is 0. The summed E-state index contributed by atoms with van der Waals surface area (Å²) >= 11 is 12.5. The first-order valence-electron chi connectivity index (χ1n) is 8.37. The van der Waals surface area contributed by atoms with Gasteiger partial charge in [0.05, 0.1) is 29.9 Å². The molecular formula is C21H17Cl2NO4. The minimum Gasteiger partial charge on any atom is -0.497 e. The number of hydrogen-bond donors (Lipinski definition) is 1. The number of methoxy groups -OCH3 is 1. The fraction of sp³-hybridized carbons (Fsp3) is 0.143. The summed E-state index contributed by atoms with van der Waals surface area (Å²) in [5, 5.41) is 11.3. The van der Waals surface area contributed by atoms with Crippen molar-refractivity contribution in [1.29, 1.82) is 0 Å². The summed E-state index contributed by atoms with van der Waals surface area (Å²) in [6.45, 7) is 1.65. The van der Waals surface area contributed by atoms with Crippen molar-refractivity contribution in [2.24, 2.45) is 0 Å². The maximum Gasteiger partial charge on any atom is 0.335 e. The highest BCUT2D eigenvalue weighted by atomic mass is 35.5. The molecule has 7 heteroatoms. The third-order valence-corrected chi connectivity index (χ3v) is 4.85. The maximum atomic E-state index is 12.5. The monoisotopic (exact) mass is 417 g/mol. The molecule has 0 aliphatic carbocycles. The number of carboxylic acids is 1. The molecule has 0 atom stereocenters. The number of anilines is 1. The Labute approximate surface area is 172 Å². The SMILES string of the molecule is COc1cccc(CN(C(C)=O)c2cc(C(=O)O)cc3cc(Cl)cc(Cl)c23)c1. The second kappa shape index (κ2) is 8.09. The Morgan fingerprint density at radius 3 is 2.50 bits per heavy atom. The van der Waals surface area contributed by atoms with Gasteiger partial charge in [-0.15, -0.1) is 0 Å². The second-order valence-corrected chi connectivity index (χ2v) is 7.09. The van der Waals surface area contributed by atoms with Crippen molar-refractivity contribution in [3.63, 3.8) is 0 Å². The van der Waals surface area contributed by atoms with Crippen molar-refractivity contribution in [2.45, 2.75) is 13.5 Å². The molecule has 0 fully saturated rings. The lowest BCUT2D eigenvalue weighted by Gasteiger charge is -2.24. The molecule has 0 saturated carbocycles. The van der Waals surface area contributed by atoms with E-state index < -0.39 is 5.97 Å². The van der Waals surface area contributed by atoms with Gasteiger partial charge in [-0.1, -0.05) is 35.3 Å². The normalized spacial score (nSPS) is 10.7. The van der Waals surface area contributed by atoms with E-state index in [9.17, 15) is 14.7 Å². The quantitative estimate of drug-likeness (QED) is 0.602. The van der Waals surface area contributed by atoms with Gasteiger partial charge in [-0.25, -0.2) is 4.79 Å². The van der Waals surface area contributed by atoms with E-state index in [2.05, 4.69) is 0 Å². The van der Waals surface area contributed by atoms with Crippen LogP contribution in [0.3, 0.4) is 0 Å². The van der Waals surface area contributed by atoms with E-state index in [-0.39, 0.29) is 18.0 Å². The number of hydrogen-bond acceptors (Lipinski definition) is 3. The summed E-state index contributed by atoms with van der Waals surface area (Å²) in [6, 6.07) is 13.4. The van der Waals surface area contributed by atoms with Gasteiger partial charge in [0.25, 0.3) is 0 Å². The lowest BCUT2D eigenvalue weighted by atomic mass is 10.0. The Kier molecular flexibility index (Phi) is 5.77. The van der Waals surface area contributed by atoms with Gasteiger partial charge in [-0.3, -0.25) is 4.79 Å². The van der Waals surface area contributed by atoms with E-state index >= 15 is 0 Å². The topological polar surface area (TPSA) is 66.8 Å². The Balaban J connectivity index is 2.21. The number of carbonyl (C=O) groups is 2. The Morgan fingerprint density at radius 2 is 1.86 bits per heavy atom. The highest BCUT2D eigenvalue weighted by Crippen LogP contribution is 2.37. The zero-order chi connectivity index (χ0) is 20.4. The molecule has 3 rings (SSSR count). The van der Waals surface area contributed by atoms with E-state index in [1.807, 2.05) is 18.2 Å². The Hall–Kier alpha value is -2.76. The van der Waals surface area contributed by atoms with Crippen LogP contribution in [0.5, 0.6) is 5.75 Å². The standard InChI is InChI=1S/C21H17Cl2NO4/c1-12(25)24(11-13-4-3-5-17(6-13)28-2)19-9-15(21(26)27)7-14-8-16(22)10-18(23)20(14)19/h3-10H,11H2,1-2H3,(H,26,27). The summed E-state index contributed by atoms with van der Waals surface area (Å²) in [5.41, 5.74) is 1.28. The zero-order valence-corrected chi connectivity index (χ0v) is 16.7. The minimum atomic E-state index is -1.11. The molecule has 144 valence electrons. The van der Waals surface area contributed by atoms with Gasteiger partial charge in [0.1, 0.15) is 5.75 Å². The van der Waals surface area contributed by atoms with Gasteiger partial charge in [0.15, 0.2) is 0 Å². The molecule has 3 aromatic carbocycles. The van der Waals surface area contributed by atoms with Crippen LogP contribution < -0.4 is 9.64 Å². The van der Waals surface area contributed by atoms with Crippen molar-refractivity contribution in [1.82, 2.24) is 0 Å². The fourth-order valence-corrected chi connectivity index (χ4v) is 3.67. The second-order valence-electron chi connectivity index (χ2n) is 6.24.